The normalized spacial score (nSPS) is 11.0. The Morgan fingerprint density at radius 2 is 2.28 bits per heavy atom. The van der Waals surface area contributed by atoms with Crippen LogP contribution in [0.5, 0.6) is 0 Å². The number of fused-ring (bicyclic) bond motifs is 1. The number of hydrogen-bond acceptors (Lipinski definition) is 4. The van der Waals surface area contributed by atoms with Gasteiger partial charge >= 0.3 is 0 Å². The Balaban J connectivity index is 2.22. The van der Waals surface area contributed by atoms with E-state index in [9.17, 15) is 4.79 Å². The van der Waals surface area contributed by atoms with Gasteiger partial charge in [0.1, 0.15) is 5.82 Å². The van der Waals surface area contributed by atoms with Gasteiger partial charge in [-0.2, -0.15) is 0 Å². The van der Waals surface area contributed by atoms with E-state index in [4.69, 9.17) is 0 Å². The minimum absolute atomic E-state index is 0.107. The molecule has 3 aromatic rings. The van der Waals surface area contributed by atoms with Crippen LogP contribution in [0, 0.1) is 10.5 Å². The quantitative estimate of drug-likeness (QED) is 0.671. The first-order chi connectivity index (χ1) is 8.65. The fourth-order valence-corrected chi connectivity index (χ4v) is 2.72. The molecule has 0 fully saturated rings. The van der Waals surface area contributed by atoms with Gasteiger partial charge in [0.15, 0.2) is 0 Å². The second kappa shape index (κ2) is 4.43. The second-order valence-corrected chi connectivity index (χ2v) is 5.87. The number of H-pyrrole nitrogens is 1. The summed E-state index contributed by atoms with van der Waals surface area (Å²) in [4.78, 5) is 23.2. The highest BCUT2D eigenvalue weighted by atomic mass is 127. The Kier molecular flexibility index (Phi) is 2.90. The van der Waals surface area contributed by atoms with Gasteiger partial charge in [0.25, 0.3) is 5.56 Å². The SMILES string of the molecule is Cc1nc(-c2cnc3ccsc3c2)[nH]c(=O)c1I. The Hall–Kier alpha value is -1.28. The molecule has 90 valence electrons. The van der Waals surface area contributed by atoms with E-state index < -0.39 is 0 Å². The first kappa shape index (κ1) is 11.8. The summed E-state index contributed by atoms with van der Waals surface area (Å²) in [6, 6.07) is 3.97. The van der Waals surface area contributed by atoms with Crippen LogP contribution in [0.15, 0.2) is 28.5 Å². The van der Waals surface area contributed by atoms with E-state index in [-0.39, 0.29) is 5.56 Å². The molecule has 0 spiro atoms. The molecule has 0 aromatic carbocycles. The molecule has 0 aliphatic carbocycles. The van der Waals surface area contributed by atoms with Crippen molar-refractivity contribution in [2.24, 2.45) is 0 Å². The fraction of sp³-hybridized carbons (Fsp3) is 0.0833. The van der Waals surface area contributed by atoms with Crippen LogP contribution in [0.1, 0.15) is 5.69 Å². The molecule has 3 heterocycles. The first-order valence-corrected chi connectivity index (χ1v) is 7.21. The summed E-state index contributed by atoms with van der Waals surface area (Å²) < 4.78 is 1.72. The zero-order valence-electron chi connectivity index (χ0n) is 9.40. The number of thiophene rings is 1. The standard InChI is InChI=1S/C12H8IN3OS/c1-6-10(13)12(17)16-11(15-6)7-4-9-8(14-5-7)2-3-18-9/h2-5H,1H3,(H,15,16,17). The van der Waals surface area contributed by atoms with E-state index in [1.54, 1.807) is 17.5 Å². The number of aromatic amines is 1. The lowest BCUT2D eigenvalue weighted by Gasteiger charge is -2.03. The van der Waals surface area contributed by atoms with Crippen molar-refractivity contribution in [3.63, 3.8) is 0 Å². The van der Waals surface area contributed by atoms with E-state index in [0.717, 1.165) is 21.5 Å². The molecule has 1 N–H and O–H groups in total. The molecule has 0 amide bonds. The summed E-state index contributed by atoms with van der Waals surface area (Å²) in [7, 11) is 0. The summed E-state index contributed by atoms with van der Waals surface area (Å²) in [5.74, 6) is 0.570. The average Bonchev–Trinajstić information content (AvgIpc) is 2.82. The maximum absolute atomic E-state index is 11.7. The third-order valence-electron chi connectivity index (χ3n) is 2.60. The third-order valence-corrected chi connectivity index (χ3v) is 4.73. The van der Waals surface area contributed by atoms with Crippen LogP contribution < -0.4 is 5.56 Å². The molecule has 0 aliphatic heterocycles. The summed E-state index contributed by atoms with van der Waals surface area (Å²) in [5.41, 5.74) is 2.43. The van der Waals surface area contributed by atoms with Gasteiger partial charge in [0.2, 0.25) is 0 Å². The van der Waals surface area contributed by atoms with Crippen LogP contribution in [0.2, 0.25) is 0 Å². The predicted octanol–water partition coefficient (Wildman–Crippen LogP) is 2.96. The lowest BCUT2D eigenvalue weighted by atomic mass is 10.2. The molecule has 0 radical (unpaired) electrons. The number of aromatic nitrogens is 3. The van der Waals surface area contributed by atoms with Gasteiger partial charge in [0, 0.05) is 11.8 Å². The lowest BCUT2D eigenvalue weighted by Crippen LogP contribution is -2.14. The van der Waals surface area contributed by atoms with Gasteiger partial charge < -0.3 is 4.98 Å². The number of pyridine rings is 1. The van der Waals surface area contributed by atoms with Gasteiger partial charge in [0.05, 0.1) is 19.5 Å². The third kappa shape index (κ3) is 1.95. The van der Waals surface area contributed by atoms with Crippen LogP contribution in [-0.4, -0.2) is 15.0 Å². The Labute approximate surface area is 120 Å². The van der Waals surface area contributed by atoms with Crippen molar-refractivity contribution in [3.8, 4) is 11.4 Å². The number of rotatable bonds is 1. The highest BCUT2D eigenvalue weighted by molar-refractivity contribution is 14.1. The van der Waals surface area contributed by atoms with Gasteiger partial charge in [-0.1, -0.05) is 0 Å². The molecule has 0 bridgehead atoms. The smallest absolute Gasteiger partial charge is 0.264 e. The van der Waals surface area contributed by atoms with Crippen LogP contribution in [0.4, 0.5) is 0 Å². The van der Waals surface area contributed by atoms with Gasteiger partial charge in [-0.3, -0.25) is 9.78 Å². The van der Waals surface area contributed by atoms with E-state index in [0.29, 0.717) is 9.39 Å². The largest absolute Gasteiger partial charge is 0.306 e. The van der Waals surface area contributed by atoms with Gasteiger partial charge in [-0.15, -0.1) is 11.3 Å². The number of hydrogen-bond donors (Lipinski definition) is 1. The lowest BCUT2D eigenvalue weighted by molar-refractivity contribution is 1.05. The molecule has 3 aromatic heterocycles. The monoisotopic (exact) mass is 369 g/mol. The Morgan fingerprint density at radius 3 is 3.06 bits per heavy atom. The van der Waals surface area contributed by atoms with Crippen molar-refractivity contribution in [1.82, 2.24) is 15.0 Å². The average molecular weight is 369 g/mol. The summed E-state index contributed by atoms with van der Waals surface area (Å²) >= 11 is 3.62. The van der Waals surface area contributed by atoms with E-state index in [1.807, 2.05) is 47.0 Å². The van der Waals surface area contributed by atoms with Gasteiger partial charge in [-0.05, 0) is 47.0 Å². The van der Waals surface area contributed by atoms with E-state index in [1.165, 1.54) is 0 Å². The number of nitrogens with one attached hydrogen (secondary N) is 1. The second-order valence-electron chi connectivity index (χ2n) is 3.84. The van der Waals surface area contributed by atoms with E-state index in [2.05, 4.69) is 15.0 Å². The molecule has 0 unspecified atom stereocenters. The van der Waals surface area contributed by atoms with Crippen LogP contribution in [0.25, 0.3) is 21.6 Å². The zero-order chi connectivity index (χ0) is 12.7. The topological polar surface area (TPSA) is 58.6 Å². The minimum atomic E-state index is -0.107. The molecule has 0 atom stereocenters. The molecule has 4 nitrogen and oxygen atoms in total. The fourth-order valence-electron chi connectivity index (χ4n) is 1.68. The molecular formula is C12H8IN3OS. The highest BCUT2D eigenvalue weighted by Crippen LogP contribution is 2.23. The molecule has 0 saturated heterocycles. The predicted molar refractivity (Wildman–Crippen MR) is 80.9 cm³/mol. The molecule has 3 rings (SSSR count). The minimum Gasteiger partial charge on any atom is -0.306 e. The molecule has 6 heteroatoms. The summed E-state index contributed by atoms with van der Waals surface area (Å²) in [5, 5.41) is 2.00. The Bertz CT molecular complexity index is 793. The van der Waals surface area contributed by atoms with Crippen LogP contribution in [-0.2, 0) is 0 Å². The number of halogens is 1. The van der Waals surface area contributed by atoms with Gasteiger partial charge in [-0.25, -0.2) is 4.98 Å². The number of nitrogens with zero attached hydrogens (tertiary/aromatic N) is 2. The summed E-state index contributed by atoms with van der Waals surface area (Å²) in [6.07, 6.45) is 1.74. The van der Waals surface area contributed by atoms with Crippen molar-refractivity contribution in [2.45, 2.75) is 6.92 Å². The highest BCUT2D eigenvalue weighted by Gasteiger charge is 2.08. The Morgan fingerprint density at radius 1 is 1.44 bits per heavy atom. The van der Waals surface area contributed by atoms with Crippen LogP contribution >= 0.6 is 33.9 Å². The van der Waals surface area contributed by atoms with Crippen molar-refractivity contribution in [1.29, 1.82) is 0 Å². The molecule has 18 heavy (non-hydrogen) atoms. The van der Waals surface area contributed by atoms with Crippen molar-refractivity contribution in [2.75, 3.05) is 0 Å². The zero-order valence-corrected chi connectivity index (χ0v) is 12.4. The van der Waals surface area contributed by atoms with Crippen molar-refractivity contribution >= 4 is 44.1 Å². The van der Waals surface area contributed by atoms with Crippen molar-refractivity contribution in [3.05, 3.63) is 43.3 Å². The number of aryl methyl sites for hydroxylation is 1. The summed E-state index contributed by atoms with van der Waals surface area (Å²) in [6.45, 7) is 1.83. The maximum atomic E-state index is 11.7. The molecular weight excluding hydrogens is 361 g/mol. The molecule has 0 aliphatic rings. The maximum Gasteiger partial charge on any atom is 0.264 e. The van der Waals surface area contributed by atoms with Crippen molar-refractivity contribution < 1.29 is 0 Å². The molecule has 0 saturated carbocycles. The first-order valence-electron chi connectivity index (χ1n) is 5.25. The van der Waals surface area contributed by atoms with E-state index >= 15 is 0 Å². The van der Waals surface area contributed by atoms with Crippen LogP contribution in [0.3, 0.4) is 0 Å².